The zero-order valence-electron chi connectivity index (χ0n) is 18.7. The van der Waals surface area contributed by atoms with Crippen molar-refractivity contribution in [3.05, 3.63) is 71.5 Å². The largest absolute Gasteiger partial charge is 0.495 e. The highest BCUT2D eigenvalue weighted by Crippen LogP contribution is 2.28. The number of benzene rings is 2. The van der Waals surface area contributed by atoms with Gasteiger partial charge in [-0.05, 0) is 24.6 Å². The van der Waals surface area contributed by atoms with Crippen LogP contribution in [0.15, 0.2) is 54.6 Å². The second-order valence-corrected chi connectivity index (χ2v) is 7.92. The summed E-state index contributed by atoms with van der Waals surface area (Å²) in [4.78, 5) is 17.3. The first-order valence-electron chi connectivity index (χ1n) is 11.0. The van der Waals surface area contributed by atoms with Crippen LogP contribution in [0.1, 0.15) is 21.7 Å². The van der Waals surface area contributed by atoms with Crippen molar-refractivity contribution in [1.29, 1.82) is 0 Å². The molecule has 1 aromatic heterocycles. The number of amides is 1. The zero-order valence-corrected chi connectivity index (χ0v) is 18.7. The number of piperazine rings is 1. The van der Waals surface area contributed by atoms with Crippen molar-refractivity contribution in [2.75, 3.05) is 51.3 Å². The lowest BCUT2D eigenvalue weighted by molar-refractivity contribution is 0.0942. The number of methoxy groups -OCH3 is 1. The predicted molar refractivity (Wildman–Crippen MR) is 124 cm³/mol. The minimum atomic E-state index is -0.172. The van der Waals surface area contributed by atoms with Crippen LogP contribution in [-0.4, -0.2) is 72.2 Å². The van der Waals surface area contributed by atoms with Gasteiger partial charge in [0.15, 0.2) is 5.69 Å². The van der Waals surface area contributed by atoms with Gasteiger partial charge in [-0.1, -0.05) is 47.7 Å². The summed E-state index contributed by atoms with van der Waals surface area (Å²) in [6.45, 7) is 7.63. The molecule has 32 heavy (non-hydrogen) atoms. The van der Waals surface area contributed by atoms with Crippen molar-refractivity contribution in [3.63, 3.8) is 0 Å². The molecule has 3 aromatic rings. The van der Waals surface area contributed by atoms with E-state index >= 15 is 0 Å². The van der Waals surface area contributed by atoms with Crippen LogP contribution in [-0.2, 0) is 6.54 Å². The van der Waals surface area contributed by atoms with E-state index in [1.807, 2.05) is 55.5 Å². The first kappa shape index (κ1) is 21.8. The molecule has 1 aliphatic rings. The molecule has 4 rings (SSSR count). The maximum atomic E-state index is 12.6. The molecule has 0 aliphatic carbocycles. The monoisotopic (exact) mass is 434 g/mol. The molecule has 8 nitrogen and oxygen atoms in total. The molecule has 1 amide bonds. The molecular formula is C24H30N6O2. The van der Waals surface area contributed by atoms with Crippen LogP contribution < -0.4 is 15.0 Å². The van der Waals surface area contributed by atoms with Crippen LogP contribution in [0.5, 0.6) is 5.75 Å². The van der Waals surface area contributed by atoms with Crippen molar-refractivity contribution in [1.82, 2.24) is 25.2 Å². The Morgan fingerprint density at radius 2 is 1.75 bits per heavy atom. The fourth-order valence-electron chi connectivity index (χ4n) is 3.99. The van der Waals surface area contributed by atoms with Crippen LogP contribution in [0.25, 0.3) is 0 Å². The maximum absolute atomic E-state index is 12.6. The fourth-order valence-corrected chi connectivity index (χ4v) is 3.99. The van der Waals surface area contributed by atoms with E-state index in [-0.39, 0.29) is 5.91 Å². The van der Waals surface area contributed by atoms with Crippen LogP contribution in [0.2, 0.25) is 0 Å². The molecule has 0 saturated carbocycles. The number of anilines is 1. The third kappa shape index (κ3) is 5.08. The number of hydrogen-bond acceptors (Lipinski definition) is 6. The van der Waals surface area contributed by atoms with Gasteiger partial charge in [0.2, 0.25) is 0 Å². The van der Waals surface area contributed by atoms with E-state index in [0.29, 0.717) is 18.8 Å². The van der Waals surface area contributed by atoms with Gasteiger partial charge in [0, 0.05) is 39.3 Å². The average Bonchev–Trinajstić information content (AvgIpc) is 3.20. The van der Waals surface area contributed by atoms with Gasteiger partial charge in [0.1, 0.15) is 5.75 Å². The van der Waals surface area contributed by atoms with Gasteiger partial charge in [-0.15, -0.1) is 5.10 Å². The number of aromatic nitrogens is 3. The molecular weight excluding hydrogens is 404 g/mol. The number of carbonyl (C=O) groups excluding carboxylic acids is 1. The summed E-state index contributed by atoms with van der Waals surface area (Å²) in [7, 11) is 1.71. The van der Waals surface area contributed by atoms with Gasteiger partial charge in [-0.2, -0.15) is 0 Å². The number of rotatable bonds is 8. The highest BCUT2D eigenvalue weighted by molar-refractivity contribution is 5.93. The minimum Gasteiger partial charge on any atom is -0.495 e. The van der Waals surface area contributed by atoms with E-state index in [2.05, 4.69) is 31.5 Å². The van der Waals surface area contributed by atoms with Crippen molar-refractivity contribution in [3.8, 4) is 5.75 Å². The zero-order chi connectivity index (χ0) is 22.3. The summed E-state index contributed by atoms with van der Waals surface area (Å²) < 4.78 is 7.25. The van der Waals surface area contributed by atoms with Crippen molar-refractivity contribution >= 4 is 11.6 Å². The Hall–Kier alpha value is -3.39. The molecule has 8 heteroatoms. The Kier molecular flexibility index (Phi) is 7.01. The molecule has 2 aromatic carbocycles. The molecule has 2 heterocycles. The standard InChI is InChI=1S/C24H30N6O2/c1-19-23(26-27-30(19)18-20-8-4-3-5-9-20)24(31)25-12-13-28-14-16-29(17-15-28)21-10-6-7-11-22(21)32-2/h3-11H,12-18H2,1-2H3,(H,25,31). The first-order valence-corrected chi connectivity index (χ1v) is 11.0. The molecule has 168 valence electrons. The number of nitrogens with zero attached hydrogens (tertiary/aromatic N) is 5. The fraction of sp³-hybridized carbons (Fsp3) is 0.375. The second kappa shape index (κ2) is 10.3. The van der Waals surface area contributed by atoms with E-state index in [0.717, 1.165) is 55.4 Å². The topological polar surface area (TPSA) is 75.5 Å². The van der Waals surface area contributed by atoms with Crippen molar-refractivity contribution in [2.24, 2.45) is 0 Å². The van der Waals surface area contributed by atoms with E-state index < -0.39 is 0 Å². The molecule has 1 fully saturated rings. The number of carbonyl (C=O) groups is 1. The van der Waals surface area contributed by atoms with Crippen LogP contribution in [0.4, 0.5) is 5.69 Å². The predicted octanol–water partition coefficient (Wildman–Crippen LogP) is 2.20. The highest BCUT2D eigenvalue weighted by atomic mass is 16.5. The van der Waals surface area contributed by atoms with E-state index in [4.69, 9.17) is 4.74 Å². The Morgan fingerprint density at radius 1 is 1.03 bits per heavy atom. The lowest BCUT2D eigenvalue weighted by atomic mass is 10.2. The number of para-hydroxylation sites is 2. The molecule has 1 saturated heterocycles. The van der Waals surface area contributed by atoms with Gasteiger partial charge in [0.25, 0.3) is 5.91 Å². The number of ether oxygens (including phenoxy) is 1. The summed E-state index contributed by atoms with van der Waals surface area (Å²) in [5, 5.41) is 11.3. The van der Waals surface area contributed by atoms with Crippen molar-refractivity contribution < 1.29 is 9.53 Å². The Labute approximate surface area is 188 Å². The lowest BCUT2D eigenvalue weighted by Crippen LogP contribution is -2.48. The number of nitrogens with one attached hydrogen (secondary N) is 1. The van der Waals surface area contributed by atoms with Gasteiger partial charge >= 0.3 is 0 Å². The molecule has 0 radical (unpaired) electrons. The van der Waals surface area contributed by atoms with Crippen LogP contribution in [0.3, 0.4) is 0 Å². The van der Waals surface area contributed by atoms with Crippen molar-refractivity contribution in [2.45, 2.75) is 13.5 Å². The normalized spacial score (nSPS) is 14.4. The summed E-state index contributed by atoms with van der Waals surface area (Å²) in [5.74, 6) is 0.735. The molecule has 0 atom stereocenters. The molecule has 0 spiro atoms. The molecule has 1 aliphatic heterocycles. The van der Waals surface area contributed by atoms with E-state index in [9.17, 15) is 4.79 Å². The summed E-state index contributed by atoms with van der Waals surface area (Å²) in [6, 6.07) is 18.2. The highest BCUT2D eigenvalue weighted by Gasteiger charge is 2.20. The smallest absolute Gasteiger partial charge is 0.273 e. The summed E-state index contributed by atoms with van der Waals surface area (Å²) in [5.41, 5.74) is 3.43. The summed E-state index contributed by atoms with van der Waals surface area (Å²) in [6.07, 6.45) is 0. The summed E-state index contributed by atoms with van der Waals surface area (Å²) >= 11 is 0. The van der Waals surface area contributed by atoms with Gasteiger partial charge < -0.3 is 15.0 Å². The average molecular weight is 435 g/mol. The van der Waals surface area contributed by atoms with Gasteiger partial charge in [-0.25, -0.2) is 4.68 Å². The molecule has 0 unspecified atom stereocenters. The Bertz CT molecular complexity index is 1030. The third-order valence-corrected chi connectivity index (χ3v) is 5.88. The molecule has 0 bridgehead atoms. The Balaban J connectivity index is 1.24. The van der Waals surface area contributed by atoms with E-state index in [1.165, 1.54) is 0 Å². The number of hydrogen-bond donors (Lipinski definition) is 1. The lowest BCUT2D eigenvalue weighted by Gasteiger charge is -2.36. The third-order valence-electron chi connectivity index (χ3n) is 5.88. The second-order valence-electron chi connectivity index (χ2n) is 7.92. The maximum Gasteiger partial charge on any atom is 0.273 e. The van der Waals surface area contributed by atoms with Gasteiger partial charge in [0.05, 0.1) is 25.0 Å². The Morgan fingerprint density at radius 3 is 2.50 bits per heavy atom. The first-order chi connectivity index (χ1) is 15.7. The van der Waals surface area contributed by atoms with Crippen LogP contribution >= 0.6 is 0 Å². The SMILES string of the molecule is COc1ccccc1N1CCN(CCNC(=O)c2nnn(Cc3ccccc3)c2C)CC1. The minimum absolute atomic E-state index is 0.172. The van der Waals surface area contributed by atoms with Crippen LogP contribution in [0, 0.1) is 6.92 Å². The molecule has 1 N–H and O–H groups in total. The van der Waals surface area contributed by atoms with E-state index in [1.54, 1.807) is 11.8 Å². The quantitative estimate of drug-likeness (QED) is 0.586. The van der Waals surface area contributed by atoms with Gasteiger partial charge in [-0.3, -0.25) is 9.69 Å².